The lowest BCUT2D eigenvalue weighted by atomic mass is 10.2. The molecular weight excluding hydrogens is 274 g/mol. The number of anilines is 1. The number of ether oxygens (including phenoxy) is 2. The van der Waals surface area contributed by atoms with E-state index in [2.05, 4.69) is 15.2 Å². The molecule has 7 nitrogen and oxygen atoms in total. The highest BCUT2D eigenvalue weighted by atomic mass is 16.5. The van der Waals surface area contributed by atoms with Crippen molar-refractivity contribution in [1.82, 2.24) is 9.78 Å². The minimum atomic E-state index is -0.669. The fourth-order valence-corrected chi connectivity index (χ4v) is 1.70. The second-order valence-electron chi connectivity index (χ2n) is 4.24. The maximum absolute atomic E-state index is 11.7. The zero-order valence-electron chi connectivity index (χ0n) is 11.7. The number of hydrogen-bond donors (Lipinski definition) is 1. The Morgan fingerprint density at radius 1 is 1.29 bits per heavy atom. The summed E-state index contributed by atoms with van der Waals surface area (Å²) in [6.45, 7) is 0.139. The SMILES string of the molecule is COC(=O)c1nn(C)cc1NC(=O)OCc1ccccc1. The average Bonchev–Trinajstić information content (AvgIpc) is 2.86. The highest BCUT2D eigenvalue weighted by Crippen LogP contribution is 2.14. The van der Waals surface area contributed by atoms with Gasteiger partial charge in [-0.2, -0.15) is 5.10 Å². The summed E-state index contributed by atoms with van der Waals surface area (Å²) in [5.74, 6) is -0.631. The number of nitrogens with one attached hydrogen (secondary N) is 1. The van der Waals surface area contributed by atoms with Crippen molar-refractivity contribution in [2.75, 3.05) is 12.4 Å². The molecule has 0 radical (unpaired) electrons. The van der Waals surface area contributed by atoms with Crippen LogP contribution in [0.4, 0.5) is 10.5 Å². The molecule has 0 aliphatic rings. The molecule has 1 aromatic carbocycles. The normalized spacial score (nSPS) is 10.0. The van der Waals surface area contributed by atoms with Crippen LogP contribution < -0.4 is 5.32 Å². The quantitative estimate of drug-likeness (QED) is 0.870. The Kier molecular flexibility index (Phi) is 4.55. The molecule has 0 saturated heterocycles. The predicted molar refractivity (Wildman–Crippen MR) is 74.8 cm³/mol. The number of carbonyl (C=O) groups is 2. The lowest BCUT2D eigenvalue weighted by Crippen LogP contribution is -2.15. The van der Waals surface area contributed by atoms with E-state index in [1.807, 2.05) is 30.3 Å². The van der Waals surface area contributed by atoms with E-state index in [1.54, 1.807) is 7.05 Å². The summed E-state index contributed by atoms with van der Waals surface area (Å²) in [6, 6.07) is 9.27. The summed E-state index contributed by atoms with van der Waals surface area (Å²) in [7, 11) is 2.88. The van der Waals surface area contributed by atoms with E-state index in [4.69, 9.17) is 4.74 Å². The summed E-state index contributed by atoms with van der Waals surface area (Å²) in [5.41, 5.74) is 1.13. The highest BCUT2D eigenvalue weighted by Gasteiger charge is 2.18. The van der Waals surface area contributed by atoms with E-state index in [-0.39, 0.29) is 18.0 Å². The molecule has 0 fully saturated rings. The fraction of sp³-hybridized carbons (Fsp3) is 0.214. The molecular formula is C14H15N3O4. The molecule has 0 atom stereocenters. The molecule has 0 aliphatic heterocycles. The topological polar surface area (TPSA) is 82.5 Å². The number of methoxy groups -OCH3 is 1. The number of aromatic nitrogens is 2. The molecule has 0 unspecified atom stereocenters. The Hall–Kier alpha value is -2.83. The third-order valence-electron chi connectivity index (χ3n) is 2.66. The van der Waals surface area contributed by atoms with Gasteiger partial charge in [-0.15, -0.1) is 0 Å². The van der Waals surface area contributed by atoms with Crippen molar-refractivity contribution < 1.29 is 19.1 Å². The molecule has 21 heavy (non-hydrogen) atoms. The number of rotatable bonds is 4. The van der Waals surface area contributed by atoms with Gasteiger partial charge in [0.2, 0.25) is 0 Å². The molecule has 0 spiro atoms. The lowest BCUT2D eigenvalue weighted by molar-refractivity contribution is 0.0594. The molecule has 1 aromatic heterocycles. The van der Waals surface area contributed by atoms with E-state index in [0.717, 1.165) is 5.56 Å². The van der Waals surface area contributed by atoms with Crippen LogP contribution in [0.15, 0.2) is 36.5 Å². The molecule has 2 rings (SSSR count). The van der Waals surface area contributed by atoms with Crippen molar-refractivity contribution in [3.05, 3.63) is 47.8 Å². The fourth-order valence-electron chi connectivity index (χ4n) is 1.70. The van der Waals surface area contributed by atoms with Gasteiger partial charge in [-0.1, -0.05) is 30.3 Å². The zero-order chi connectivity index (χ0) is 15.2. The Labute approximate surface area is 121 Å². The molecule has 2 aromatic rings. The Bertz CT molecular complexity index is 637. The third-order valence-corrected chi connectivity index (χ3v) is 2.66. The first kappa shape index (κ1) is 14.6. The summed E-state index contributed by atoms with van der Waals surface area (Å²) in [4.78, 5) is 23.3. The van der Waals surface area contributed by atoms with Gasteiger partial charge in [0.25, 0.3) is 0 Å². The van der Waals surface area contributed by atoms with Crippen molar-refractivity contribution in [3.63, 3.8) is 0 Å². The van der Waals surface area contributed by atoms with Gasteiger partial charge in [0.15, 0.2) is 5.69 Å². The maximum Gasteiger partial charge on any atom is 0.412 e. The molecule has 1 N–H and O–H groups in total. The molecule has 7 heteroatoms. The Morgan fingerprint density at radius 3 is 2.67 bits per heavy atom. The van der Waals surface area contributed by atoms with Crippen LogP contribution in [0.1, 0.15) is 16.1 Å². The van der Waals surface area contributed by atoms with Crippen LogP contribution in [0.3, 0.4) is 0 Å². The second-order valence-corrected chi connectivity index (χ2v) is 4.24. The van der Waals surface area contributed by atoms with Crippen LogP contribution in [0.2, 0.25) is 0 Å². The van der Waals surface area contributed by atoms with Gasteiger partial charge in [0, 0.05) is 13.2 Å². The largest absolute Gasteiger partial charge is 0.464 e. The number of amides is 1. The van der Waals surface area contributed by atoms with Crippen LogP contribution >= 0.6 is 0 Å². The Balaban J connectivity index is 1.98. The summed E-state index contributed by atoms with van der Waals surface area (Å²) < 4.78 is 11.1. The number of carbonyl (C=O) groups excluding carboxylic acids is 2. The lowest BCUT2D eigenvalue weighted by Gasteiger charge is -2.06. The maximum atomic E-state index is 11.7. The van der Waals surface area contributed by atoms with Gasteiger partial charge in [-0.25, -0.2) is 9.59 Å². The highest BCUT2D eigenvalue weighted by molar-refractivity contribution is 5.97. The molecule has 1 amide bonds. The summed E-state index contributed by atoms with van der Waals surface area (Å²) in [5, 5.41) is 6.40. The second kappa shape index (κ2) is 6.56. The van der Waals surface area contributed by atoms with Gasteiger partial charge in [0.1, 0.15) is 6.61 Å². The third kappa shape index (κ3) is 3.82. The van der Waals surface area contributed by atoms with Crippen molar-refractivity contribution in [2.45, 2.75) is 6.61 Å². The predicted octanol–water partition coefficient (Wildman–Crippen LogP) is 1.96. The number of benzene rings is 1. The molecule has 0 aliphatic carbocycles. The first-order chi connectivity index (χ1) is 10.1. The molecule has 110 valence electrons. The van der Waals surface area contributed by atoms with E-state index < -0.39 is 12.1 Å². The average molecular weight is 289 g/mol. The minimum Gasteiger partial charge on any atom is -0.464 e. The summed E-state index contributed by atoms with van der Waals surface area (Å²) >= 11 is 0. The monoisotopic (exact) mass is 289 g/mol. The smallest absolute Gasteiger partial charge is 0.412 e. The minimum absolute atomic E-state index is 0.0247. The van der Waals surface area contributed by atoms with Crippen LogP contribution in [0, 0.1) is 0 Å². The summed E-state index contributed by atoms with van der Waals surface area (Å²) in [6.07, 6.45) is 0.827. The van der Waals surface area contributed by atoms with E-state index in [0.29, 0.717) is 0 Å². The number of esters is 1. The van der Waals surface area contributed by atoms with Gasteiger partial charge in [-0.05, 0) is 5.56 Å². The van der Waals surface area contributed by atoms with Gasteiger partial charge < -0.3 is 9.47 Å². The Morgan fingerprint density at radius 2 is 2.00 bits per heavy atom. The van der Waals surface area contributed by atoms with Gasteiger partial charge in [-0.3, -0.25) is 10.00 Å². The first-order valence-electron chi connectivity index (χ1n) is 6.20. The van der Waals surface area contributed by atoms with Crippen molar-refractivity contribution >= 4 is 17.7 Å². The van der Waals surface area contributed by atoms with Crippen LogP contribution in [-0.4, -0.2) is 29.0 Å². The van der Waals surface area contributed by atoms with E-state index in [9.17, 15) is 9.59 Å². The van der Waals surface area contributed by atoms with Gasteiger partial charge in [0.05, 0.1) is 12.8 Å². The van der Waals surface area contributed by atoms with Crippen molar-refractivity contribution in [2.24, 2.45) is 7.05 Å². The van der Waals surface area contributed by atoms with E-state index in [1.165, 1.54) is 18.0 Å². The number of nitrogens with zero attached hydrogens (tertiary/aromatic N) is 2. The zero-order valence-corrected chi connectivity index (χ0v) is 11.7. The molecule has 0 saturated carbocycles. The number of hydrogen-bond acceptors (Lipinski definition) is 5. The van der Waals surface area contributed by atoms with E-state index >= 15 is 0 Å². The van der Waals surface area contributed by atoms with Crippen LogP contribution in [0.25, 0.3) is 0 Å². The van der Waals surface area contributed by atoms with Crippen molar-refractivity contribution in [1.29, 1.82) is 0 Å². The molecule has 0 bridgehead atoms. The van der Waals surface area contributed by atoms with Crippen LogP contribution in [-0.2, 0) is 23.1 Å². The first-order valence-corrected chi connectivity index (χ1v) is 6.20. The van der Waals surface area contributed by atoms with Gasteiger partial charge >= 0.3 is 12.1 Å². The number of aryl methyl sites for hydroxylation is 1. The van der Waals surface area contributed by atoms with Crippen LogP contribution in [0.5, 0.6) is 0 Å². The standard InChI is InChI=1S/C14H15N3O4/c1-17-8-11(12(16-17)13(18)20-2)15-14(19)21-9-10-6-4-3-5-7-10/h3-8H,9H2,1-2H3,(H,15,19). The van der Waals surface area contributed by atoms with Crippen molar-refractivity contribution in [3.8, 4) is 0 Å². The molecule has 1 heterocycles.